The van der Waals surface area contributed by atoms with E-state index < -0.39 is 0 Å². The second-order valence-electron chi connectivity index (χ2n) is 6.23. The number of amides is 2. The molecule has 1 atom stereocenters. The zero-order chi connectivity index (χ0) is 18.0. The third-order valence-electron chi connectivity index (χ3n) is 4.43. The fourth-order valence-electron chi connectivity index (χ4n) is 2.94. The van der Waals surface area contributed by atoms with Gasteiger partial charge in [0, 0.05) is 28.5 Å². The van der Waals surface area contributed by atoms with Crippen LogP contribution in [0.25, 0.3) is 5.00 Å². The van der Waals surface area contributed by atoms with Crippen molar-refractivity contribution in [3.05, 3.63) is 70.4 Å². The molecule has 2 amide bonds. The van der Waals surface area contributed by atoms with E-state index in [-0.39, 0.29) is 12.1 Å². The van der Waals surface area contributed by atoms with Gasteiger partial charge in [-0.2, -0.15) is 0 Å². The molecule has 4 nitrogen and oxygen atoms in total. The molecule has 0 aliphatic heterocycles. The van der Waals surface area contributed by atoms with Crippen LogP contribution in [0.1, 0.15) is 34.5 Å². The second kappa shape index (κ2) is 7.15. The second-order valence-corrected chi connectivity index (χ2v) is 7.43. The largest absolute Gasteiger partial charge is 0.331 e. The summed E-state index contributed by atoms with van der Waals surface area (Å²) < 4.78 is 2.11. The zero-order valence-corrected chi connectivity index (χ0v) is 15.8. The van der Waals surface area contributed by atoms with Gasteiger partial charge in [-0.15, -0.1) is 11.3 Å². The first-order valence-corrected chi connectivity index (χ1v) is 9.15. The summed E-state index contributed by atoms with van der Waals surface area (Å²) >= 11 is 1.75. The fourth-order valence-corrected chi connectivity index (χ4v) is 4.16. The summed E-state index contributed by atoms with van der Waals surface area (Å²) in [6.45, 7) is 8.25. The van der Waals surface area contributed by atoms with Crippen LogP contribution in [-0.4, -0.2) is 10.6 Å². The molecule has 5 heteroatoms. The van der Waals surface area contributed by atoms with Crippen LogP contribution in [-0.2, 0) is 0 Å². The van der Waals surface area contributed by atoms with E-state index in [2.05, 4.69) is 29.0 Å². The van der Waals surface area contributed by atoms with Crippen molar-refractivity contribution in [1.82, 2.24) is 9.88 Å². The van der Waals surface area contributed by atoms with Crippen LogP contribution in [0.2, 0.25) is 0 Å². The molecular weight excluding hydrogens is 330 g/mol. The quantitative estimate of drug-likeness (QED) is 0.653. The van der Waals surface area contributed by atoms with Crippen molar-refractivity contribution in [3.63, 3.8) is 0 Å². The number of hydrogen-bond acceptors (Lipinski definition) is 2. The molecule has 0 fully saturated rings. The molecule has 3 aromatic rings. The van der Waals surface area contributed by atoms with Gasteiger partial charge in [0.05, 0.1) is 6.04 Å². The van der Waals surface area contributed by atoms with Gasteiger partial charge in [0.25, 0.3) is 0 Å². The van der Waals surface area contributed by atoms with Gasteiger partial charge in [0.1, 0.15) is 5.00 Å². The first-order chi connectivity index (χ1) is 12.0. The average molecular weight is 353 g/mol. The molecule has 0 saturated heterocycles. The molecule has 2 heterocycles. The third kappa shape index (κ3) is 3.61. The smallest absolute Gasteiger partial charge is 0.319 e. The lowest BCUT2D eigenvalue weighted by Crippen LogP contribution is -2.31. The summed E-state index contributed by atoms with van der Waals surface area (Å²) in [6, 6.07) is 11.5. The van der Waals surface area contributed by atoms with Crippen molar-refractivity contribution < 1.29 is 4.79 Å². The van der Waals surface area contributed by atoms with Crippen LogP contribution in [0.15, 0.2) is 48.8 Å². The number of aryl methyl sites for hydroxylation is 2. The molecule has 1 aromatic carbocycles. The van der Waals surface area contributed by atoms with Gasteiger partial charge in [-0.3, -0.25) is 0 Å². The van der Waals surface area contributed by atoms with Crippen molar-refractivity contribution in [1.29, 1.82) is 0 Å². The summed E-state index contributed by atoms with van der Waals surface area (Å²) in [5.74, 6) is 0. The first-order valence-electron chi connectivity index (χ1n) is 8.33. The maximum atomic E-state index is 12.4. The first kappa shape index (κ1) is 17.3. The Kier molecular flexibility index (Phi) is 4.95. The van der Waals surface area contributed by atoms with Gasteiger partial charge >= 0.3 is 6.03 Å². The molecule has 0 bridgehead atoms. The van der Waals surface area contributed by atoms with Crippen LogP contribution in [0.4, 0.5) is 10.5 Å². The van der Waals surface area contributed by atoms with Crippen LogP contribution >= 0.6 is 11.3 Å². The topological polar surface area (TPSA) is 46.1 Å². The number of aromatic nitrogens is 1. The molecule has 1 unspecified atom stereocenters. The van der Waals surface area contributed by atoms with Gasteiger partial charge in [0.2, 0.25) is 0 Å². The lowest BCUT2D eigenvalue weighted by Gasteiger charge is -2.18. The number of hydrogen-bond donors (Lipinski definition) is 2. The maximum absolute atomic E-state index is 12.4. The summed E-state index contributed by atoms with van der Waals surface area (Å²) in [6.07, 6.45) is 4.07. The van der Waals surface area contributed by atoms with E-state index in [4.69, 9.17) is 0 Å². The highest BCUT2D eigenvalue weighted by atomic mass is 32.1. The van der Waals surface area contributed by atoms with Gasteiger partial charge in [0.15, 0.2) is 0 Å². The average Bonchev–Trinajstić information content (AvgIpc) is 3.18. The minimum Gasteiger partial charge on any atom is -0.331 e. The number of benzene rings is 1. The number of rotatable bonds is 4. The Hall–Kier alpha value is -2.53. The monoisotopic (exact) mass is 353 g/mol. The molecule has 2 aromatic heterocycles. The van der Waals surface area contributed by atoms with Gasteiger partial charge < -0.3 is 15.2 Å². The van der Waals surface area contributed by atoms with E-state index in [1.807, 2.05) is 62.6 Å². The zero-order valence-electron chi connectivity index (χ0n) is 15.0. The summed E-state index contributed by atoms with van der Waals surface area (Å²) in [4.78, 5) is 13.7. The SMILES string of the molecule is Cc1ccccc1NC(=O)NC(C)c1c(-n2cccc2)sc(C)c1C. The van der Waals surface area contributed by atoms with Crippen LogP contribution in [0, 0.1) is 20.8 Å². The van der Waals surface area contributed by atoms with Crippen molar-refractivity contribution in [2.45, 2.75) is 33.7 Å². The van der Waals surface area contributed by atoms with E-state index in [0.29, 0.717) is 0 Å². The summed E-state index contributed by atoms with van der Waals surface area (Å²) in [5, 5.41) is 7.17. The van der Waals surface area contributed by atoms with Crippen LogP contribution in [0.3, 0.4) is 0 Å². The Morgan fingerprint density at radius 2 is 1.76 bits per heavy atom. The predicted octanol–water partition coefficient (Wildman–Crippen LogP) is 5.35. The summed E-state index contributed by atoms with van der Waals surface area (Å²) in [5.41, 5.74) is 4.27. The van der Waals surface area contributed by atoms with E-state index in [9.17, 15) is 4.79 Å². The van der Waals surface area contributed by atoms with Gasteiger partial charge in [-0.25, -0.2) is 4.79 Å². The number of thiophene rings is 1. The molecular formula is C20H23N3OS. The standard InChI is InChI=1S/C20H23N3OS/c1-13-9-5-6-10-17(13)22-20(24)21-15(3)18-14(2)16(4)25-19(18)23-11-7-8-12-23/h5-12,15H,1-4H3,(H2,21,22,24). The van der Waals surface area contributed by atoms with Crippen LogP contribution in [0.5, 0.6) is 0 Å². The Labute approximate surface area is 152 Å². The third-order valence-corrected chi connectivity index (χ3v) is 5.66. The van der Waals surface area contributed by atoms with Crippen molar-refractivity contribution in [2.75, 3.05) is 5.32 Å². The number of urea groups is 1. The number of nitrogens with one attached hydrogen (secondary N) is 2. The minimum absolute atomic E-state index is 0.0913. The minimum atomic E-state index is -0.191. The Morgan fingerprint density at radius 3 is 2.44 bits per heavy atom. The highest BCUT2D eigenvalue weighted by Gasteiger charge is 2.21. The molecule has 0 spiro atoms. The number of carbonyl (C=O) groups is 1. The highest BCUT2D eigenvalue weighted by Crippen LogP contribution is 2.35. The number of anilines is 1. The van der Waals surface area contributed by atoms with E-state index in [0.717, 1.165) is 16.3 Å². The molecule has 3 rings (SSSR count). The molecule has 0 radical (unpaired) electrons. The van der Waals surface area contributed by atoms with E-state index >= 15 is 0 Å². The summed E-state index contributed by atoms with van der Waals surface area (Å²) in [7, 11) is 0. The van der Waals surface area contributed by atoms with Crippen LogP contribution < -0.4 is 10.6 Å². The normalized spacial score (nSPS) is 12.0. The Balaban J connectivity index is 1.81. The molecule has 130 valence electrons. The van der Waals surface area contributed by atoms with Crippen molar-refractivity contribution >= 4 is 23.1 Å². The lowest BCUT2D eigenvalue weighted by molar-refractivity contribution is 0.249. The lowest BCUT2D eigenvalue weighted by atomic mass is 10.1. The molecule has 0 saturated carbocycles. The van der Waals surface area contributed by atoms with Gasteiger partial charge in [-0.05, 0) is 57.0 Å². The van der Waals surface area contributed by atoms with E-state index in [1.165, 1.54) is 16.0 Å². The molecule has 25 heavy (non-hydrogen) atoms. The molecule has 0 aliphatic carbocycles. The number of para-hydroxylation sites is 1. The number of carbonyl (C=O) groups excluding carboxylic acids is 1. The Morgan fingerprint density at radius 1 is 1.08 bits per heavy atom. The predicted molar refractivity (Wildman–Crippen MR) is 105 cm³/mol. The van der Waals surface area contributed by atoms with Gasteiger partial charge in [-0.1, -0.05) is 18.2 Å². The molecule has 0 aliphatic rings. The molecule has 2 N–H and O–H groups in total. The fraction of sp³-hybridized carbons (Fsp3) is 0.250. The van der Waals surface area contributed by atoms with E-state index in [1.54, 1.807) is 11.3 Å². The maximum Gasteiger partial charge on any atom is 0.319 e. The van der Waals surface area contributed by atoms with Crippen molar-refractivity contribution in [2.24, 2.45) is 0 Å². The Bertz CT molecular complexity index is 880. The highest BCUT2D eigenvalue weighted by molar-refractivity contribution is 7.14. The van der Waals surface area contributed by atoms with Crippen molar-refractivity contribution in [3.8, 4) is 5.00 Å². The number of nitrogens with zero attached hydrogens (tertiary/aromatic N) is 1.